The van der Waals surface area contributed by atoms with Gasteiger partial charge in [0.25, 0.3) is 5.91 Å². The first kappa shape index (κ1) is 18.8. The maximum absolute atomic E-state index is 12.7. The Bertz CT molecular complexity index is 920. The van der Waals surface area contributed by atoms with Crippen molar-refractivity contribution in [1.29, 1.82) is 0 Å². The number of hydrogen-bond acceptors (Lipinski definition) is 5. The van der Waals surface area contributed by atoms with Gasteiger partial charge in [0.05, 0.1) is 24.2 Å². The highest BCUT2D eigenvalue weighted by atomic mass is 16.5. The molecule has 0 aliphatic heterocycles. The number of nitrogens with one attached hydrogen (secondary N) is 1. The van der Waals surface area contributed by atoms with Crippen molar-refractivity contribution in [1.82, 2.24) is 14.5 Å². The second-order valence-corrected chi connectivity index (χ2v) is 6.31. The number of hydrogen-bond donors (Lipinski definition) is 1. The Hall–Kier alpha value is -2.93. The number of para-hydroxylation sites is 2. The maximum Gasteiger partial charge on any atom is 0.257 e. The van der Waals surface area contributed by atoms with Crippen molar-refractivity contribution in [2.24, 2.45) is 0 Å². The molecule has 0 bridgehead atoms. The van der Waals surface area contributed by atoms with E-state index in [-0.39, 0.29) is 11.9 Å². The number of fused-ring (bicyclic) bond motifs is 1. The van der Waals surface area contributed by atoms with Crippen LogP contribution < -0.4 is 10.1 Å². The van der Waals surface area contributed by atoms with Crippen LogP contribution in [0.1, 0.15) is 37.2 Å². The third-order valence-corrected chi connectivity index (χ3v) is 4.06. The molecule has 0 radical (unpaired) electrons. The third-order valence-electron chi connectivity index (χ3n) is 4.06. The Morgan fingerprint density at radius 1 is 1.22 bits per heavy atom. The van der Waals surface area contributed by atoms with Crippen LogP contribution in [0.2, 0.25) is 0 Å². The van der Waals surface area contributed by atoms with E-state index in [1.54, 1.807) is 24.7 Å². The summed E-state index contributed by atoms with van der Waals surface area (Å²) in [7, 11) is 0. The summed E-state index contributed by atoms with van der Waals surface area (Å²) >= 11 is 0. The monoisotopic (exact) mass is 368 g/mol. The Labute approximate surface area is 158 Å². The first-order chi connectivity index (χ1) is 13.1. The topological polar surface area (TPSA) is 78.3 Å². The molecule has 0 atom stereocenters. The van der Waals surface area contributed by atoms with E-state index in [4.69, 9.17) is 9.47 Å². The number of aromatic nitrogens is 3. The average Bonchev–Trinajstić information content (AvgIpc) is 3.10. The van der Waals surface area contributed by atoms with Crippen LogP contribution in [0, 0.1) is 0 Å². The zero-order valence-corrected chi connectivity index (χ0v) is 15.8. The van der Waals surface area contributed by atoms with Gasteiger partial charge >= 0.3 is 0 Å². The molecule has 1 amide bonds. The van der Waals surface area contributed by atoms with Crippen molar-refractivity contribution in [3.63, 3.8) is 0 Å². The number of pyridine rings is 1. The molecule has 3 aromatic rings. The van der Waals surface area contributed by atoms with Gasteiger partial charge in [-0.15, -0.1) is 0 Å². The van der Waals surface area contributed by atoms with Crippen LogP contribution in [0.4, 0.5) is 5.69 Å². The SMILES string of the molecule is CCOCCOc1ccccc1NC(=O)c1cnc2c(c1)ncn2C(C)C. The molecular weight excluding hydrogens is 344 g/mol. The van der Waals surface area contributed by atoms with Gasteiger partial charge in [-0.2, -0.15) is 0 Å². The minimum absolute atomic E-state index is 0.253. The molecule has 0 saturated heterocycles. The predicted molar refractivity (Wildman–Crippen MR) is 104 cm³/mol. The van der Waals surface area contributed by atoms with Crippen LogP contribution in [-0.4, -0.2) is 40.3 Å². The van der Waals surface area contributed by atoms with E-state index in [9.17, 15) is 4.79 Å². The van der Waals surface area contributed by atoms with Gasteiger partial charge in [0.2, 0.25) is 0 Å². The molecule has 27 heavy (non-hydrogen) atoms. The van der Waals surface area contributed by atoms with Gasteiger partial charge in [0.1, 0.15) is 17.9 Å². The minimum atomic E-state index is -0.260. The second-order valence-electron chi connectivity index (χ2n) is 6.31. The van der Waals surface area contributed by atoms with E-state index in [0.29, 0.717) is 42.3 Å². The Balaban J connectivity index is 1.74. The maximum atomic E-state index is 12.7. The van der Waals surface area contributed by atoms with E-state index >= 15 is 0 Å². The Morgan fingerprint density at radius 2 is 2.04 bits per heavy atom. The molecule has 0 aliphatic rings. The van der Waals surface area contributed by atoms with Gasteiger partial charge < -0.3 is 19.4 Å². The standard InChI is InChI=1S/C20H24N4O3/c1-4-26-9-10-27-18-8-6-5-7-16(18)23-20(25)15-11-17-19(21-12-15)24(13-22-17)14(2)3/h5-8,11-14H,4,9-10H2,1-3H3,(H,23,25). The molecule has 0 aliphatic carbocycles. The molecule has 0 unspecified atom stereocenters. The summed E-state index contributed by atoms with van der Waals surface area (Å²) in [4.78, 5) is 21.4. The van der Waals surface area contributed by atoms with Gasteiger partial charge in [-0.3, -0.25) is 4.79 Å². The van der Waals surface area contributed by atoms with Gasteiger partial charge in [-0.1, -0.05) is 12.1 Å². The molecule has 1 aromatic carbocycles. The summed E-state index contributed by atoms with van der Waals surface area (Å²) in [6.45, 7) is 7.61. The highest BCUT2D eigenvalue weighted by Gasteiger charge is 2.13. The second kappa shape index (κ2) is 8.64. The fourth-order valence-electron chi connectivity index (χ4n) is 2.67. The van der Waals surface area contributed by atoms with Crippen LogP contribution >= 0.6 is 0 Å². The summed E-state index contributed by atoms with van der Waals surface area (Å²) in [5.74, 6) is 0.341. The fourth-order valence-corrected chi connectivity index (χ4v) is 2.67. The lowest BCUT2D eigenvalue weighted by atomic mass is 10.2. The largest absolute Gasteiger partial charge is 0.489 e. The van der Waals surface area contributed by atoms with Gasteiger partial charge in [0, 0.05) is 18.8 Å². The predicted octanol–water partition coefficient (Wildman–Crippen LogP) is 3.68. The minimum Gasteiger partial charge on any atom is -0.489 e. The van der Waals surface area contributed by atoms with E-state index in [2.05, 4.69) is 29.1 Å². The van der Waals surface area contributed by atoms with Gasteiger partial charge in [-0.25, -0.2) is 9.97 Å². The first-order valence-corrected chi connectivity index (χ1v) is 9.03. The molecule has 2 aromatic heterocycles. The fraction of sp³-hybridized carbons (Fsp3) is 0.350. The number of carbonyl (C=O) groups is 1. The first-order valence-electron chi connectivity index (χ1n) is 9.03. The zero-order valence-electron chi connectivity index (χ0n) is 15.8. The molecule has 7 nitrogen and oxygen atoms in total. The summed E-state index contributed by atoms with van der Waals surface area (Å²) in [6.07, 6.45) is 3.31. The zero-order chi connectivity index (χ0) is 19.2. The molecule has 7 heteroatoms. The smallest absolute Gasteiger partial charge is 0.257 e. The van der Waals surface area contributed by atoms with Crippen LogP contribution in [0.25, 0.3) is 11.2 Å². The average molecular weight is 368 g/mol. The van der Waals surface area contributed by atoms with E-state index in [1.165, 1.54) is 0 Å². The molecule has 1 N–H and O–H groups in total. The van der Waals surface area contributed by atoms with Crippen LogP contribution in [-0.2, 0) is 4.74 Å². The number of rotatable bonds is 8. The molecule has 0 fully saturated rings. The van der Waals surface area contributed by atoms with Gasteiger partial charge in [0.15, 0.2) is 5.65 Å². The van der Waals surface area contributed by atoms with E-state index < -0.39 is 0 Å². The molecule has 0 spiro atoms. The summed E-state index contributed by atoms with van der Waals surface area (Å²) in [5, 5.41) is 2.88. The van der Waals surface area contributed by atoms with Crippen LogP contribution in [0.15, 0.2) is 42.9 Å². The van der Waals surface area contributed by atoms with E-state index in [1.807, 2.05) is 29.7 Å². The number of nitrogens with zero attached hydrogens (tertiary/aromatic N) is 3. The van der Waals surface area contributed by atoms with Gasteiger partial charge in [-0.05, 0) is 39.0 Å². The number of amides is 1. The van der Waals surface area contributed by atoms with Crippen molar-refractivity contribution < 1.29 is 14.3 Å². The van der Waals surface area contributed by atoms with Crippen molar-refractivity contribution in [3.8, 4) is 5.75 Å². The van der Waals surface area contributed by atoms with Crippen molar-refractivity contribution in [3.05, 3.63) is 48.4 Å². The number of anilines is 1. The number of imidazole rings is 1. The lowest BCUT2D eigenvalue weighted by molar-refractivity contribution is 0.102. The Morgan fingerprint density at radius 3 is 2.81 bits per heavy atom. The summed E-state index contributed by atoms with van der Waals surface area (Å²) in [6, 6.07) is 9.31. The van der Waals surface area contributed by atoms with Crippen molar-refractivity contribution in [2.75, 3.05) is 25.1 Å². The molecule has 2 heterocycles. The van der Waals surface area contributed by atoms with Crippen molar-refractivity contribution in [2.45, 2.75) is 26.8 Å². The highest BCUT2D eigenvalue weighted by molar-refractivity contribution is 6.06. The van der Waals surface area contributed by atoms with Crippen LogP contribution in [0.3, 0.4) is 0 Å². The number of carbonyl (C=O) groups excluding carboxylic acids is 1. The molecule has 142 valence electrons. The van der Waals surface area contributed by atoms with E-state index in [0.717, 1.165) is 5.65 Å². The summed E-state index contributed by atoms with van der Waals surface area (Å²) < 4.78 is 13.0. The quantitative estimate of drug-likeness (QED) is 0.614. The Kier molecular flexibility index (Phi) is 6.03. The van der Waals surface area contributed by atoms with Crippen LogP contribution in [0.5, 0.6) is 5.75 Å². The number of benzene rings is 1. The van der Waals surface area contributed by atoms with Crippen molar-refractivity contribution >= 4 is 22.8 Å². The lowest BCUT2D eigenvalue weighted by Crippen LogP contribution is -2.14. The molecule has 0 saturated carbocycles. The normalized spacial score (nSPS) is 11.1. The highest BCUT2D eigenvalue weighted by Crippen LogP contribution is 2.25. The lowest BCUT2D eigenvalue weighted by Gasteiger charge is -2.12. The third kappa shape index (κ3) is 4.43. The molecule has 3 rings (SSSR count). The number of ether oxygens (including phenoxy) is 2. The summed E-state index contributed by atoms with van der Waals surface area (Å²) in [5.41, 5.74) is 2.51. The molecular formula is C20H24N4O3.